The molecule has 0 unspecified atom stereocenters. The third-order valence-electron chi connectivity index (χ3n) is 4.53. The van der Waals surface area contributed by atoms with Gasteiger partial charge in [-0.2, -0.15) is 0 Å². The Bertz CT molecular complexity index is 1170. The summed E-state index contributed by atoms with van der Waals surface area (Å²) in [6, 6.07) is 17.9. The van der Waals surface area contributed by atoms with Gasteiger partial charge in [-0.1, -0.05) is 24.3 Å². The molecule has 0 fully saturated rings. The third-order valence-corrected chi connectivity index (χ3v) is 6.29. The molecule has 0 saturated heterocycles. The SMILES string of the molecule is Cc1cc(C(=O)Nc2cccc(S(=O)(=O)NC(C)(C)C)c2)c(C)n1-c1ccccc1. The first kappa shape index (κ1) is 21.8. The summed E-state index contributed by atoms with van der Waals surface area (Å²) >= 11 is 0. The minimum atomic E-state index is -3.69. The van der Waals surface area contributed by atoms with E-state index >= 15 is 0 Å². The van der Waals surface area contributed by atoms with Gasteiger partial charge in [0.1, 0.15) is 0 Å². The van der Waals surface area contributed by atoms with Crippen LogP contribution in [0.1, 0.15) is 42.5 Å². The van der Waals surface area contributed by atoms with E-state index in [0.717, 1.165) is 17.1 Å². The number of aromatic nitrogens is 1. The van der Waals surface area contributed by atoms with E-state index in [1.807, 2.05) is 54.8 Å². The number of para-hydroxylation sites is 1. The summed E-state index contributed by atoms with van der Waals surface area (Å²) in [5.41, 5.74) is 3.09. The van der Waals surface area contributed by atoms with Crippen molar-refractivity contribution < 1.29 is 13.2 Å². The van der Waals surface area contributed by atoms with Crippen molar-refractivity contribution in [2.45, 2.75) is 45.1 Å². The Morgan fingerprint density at radius 1 is 0.933 bits per heavy atom. The first-order chi connectivity index (χ1) is 14.0. The summed E-state index contributed by atoms with van der Waals surface area (Å²) in [6.07, 6.45) is 0. The van der Waals surface area contributed by atoms with Gasteiger partial charge >= 0.3 is 0 Å². The second-order valence-corrected chi connectivity index (χ2v) is 9.98. The fourth-order valence-corrected chi connectivity index (χ4v) is 4.83. The number of nitrogens with one attached hydrogen (secondary N) is 2. The van der Waals surface area contributed by atoms with Gasteiger partial charge in [0.2, 0.25) is 10.0 Å². The normalized spacial score (nSPS) is 12.0. The van der Waals surface area contributed by atoms with Crippen LogP contribution in [0.25, 0.3) is 5.69 Å². The van der Waals surface area contributed by atoms with Crippen molar-refractivity contribution >= 4 is 21.6 Å². The second kappa shape index (κ2) is 8.08. The van der Waals surface area contributed by atoms with Crippen molar-refractivity contribution in [2.75, 3.05) is 5.32 Å². The zero-order chi connectivity index (χ0) is 22.1. The monoisotopic (exact) mass is 425 g/mol. The molecule has 3 rings (SSSR count). The van der Waals surface area contributed by atoms with Gasteiger partial charge in [0, 0.05) is 28.3 Å². The second-order valence-electron chi connectivity index (χ2n) is 8.29. The number of anilines is 1. The largest absolute Gasteiger partial charge is 0.322 e. The third kappa shape index (κ3) is 4.80. The summed E-state index contributed by atoms with van der Waals surface area (Å²) in [7, 11) is -3.69. The van der Waals surface area contributed by atoms with Crippen LogP contribution in [0.4, 0.5) is 5.69 Å². The van der Waals surface area contributed by atoms with Crippen LogP contribution >= 0.6 is 0 Å². The Morgan fingerprint density at radius 2 is 1.60 bits per heavy atom. The summed E-state index contributed by atoms with van der Waals surface area (Å²) in [6.45, 7) is 9.17. The maximum Gasteiger partial charge on any atom is 0.257 e. The van der Waals surface area contributed by atoms with Crippen molar-refractivity contribution in [1.29, 1.82) is 0 Å². The van der Waals surface area contributed by atoms with Crippen LogP contribution in [-0.2, 0) is 10.0 Å². The molecule has 2 aromatic carbocycles. The average molecular weight is 426 g/mol. The highest BCUT2D eigenvalue weighted by molar-refractivity contribution is 7.89. The molecule has 30 heavy (non-hydrogen) atoms. The summed E-state index contributed by atoms with van der Waals surface area (Å²) in [5, 5.41) is 2.82. The van der Waals surface area contributed by atoms with Gasteiger partial charge in [0.25, 0.3) is 5.91 Å². The van der Waals surface area contributed by atoms with E-state index in [9.17, 15) is 13.2 Å². The Morgan fingerprint density at radius 3 is 2.23 bits per heavy atom. The lowest BCUT2D eigenvalue weighted by Gasteiger charge is -2.20. The lowest BCUT2D eigenvalue weighted by molar-refractivity contribution is 0.102. The number of benzene rings is 2. The van der Waals surface area contributed by atoms with Crippen LogP contribution in [0, 0.1) is 13.8 Å². The van der Waals surface area contributed by atoms with Gasteiger partial charge in [0.05, 0.1) is 10.5 Å². The van der Waals surface area contributed by atoms with Crippen molar-refractivity contribution in [1.82, 2.24) is 9.29 Å². The maximum atomic E-state index is 12.9. The molecule has 0 aliphatic heterocycles. The fourth-order valence-electron chi connectivity index (χ4n) is 3.37. The predicted molar refractivity (Wildman–Crippen MR) is 120 cm³/mol. The van der Waals surface area contributed by atoms with Crippen molar-refractivity contribution in [3.63, 3.8) is 0 Å². The smallest absolute Gasteiger partial charge is 0.257 e. The van der Waals surface area contributed by atoms with Gasteiger partial charge in [-0.05, 0) is 71.0 Å². The fraction of sp³-hybridized carbons (Fsp3) is 0.261. The molecule has 2 N–H and O–H groups in total. The molecular formula is C23H27N3O3S. The van der Waals surface area contributed by atoms with Gasteiger partial charge < -0.3 is 9.88 Å². The number of hydrogen-bond donors (Lipinski definition) is 2. The molecule has 1 amide bonds. The number of nitrogens with zero attached hydrogens (tertiary/aromatic N) is 1. The van der Waals surface area contributed by atoms with E-state index in [2.05, 4.69) is 10.0 Å². The van der Waals surface area contributed by atoms with Gasteiger partial charge in [-0.25, -0.2) is 13.1 Å². The highest BCUT2D eigenvalue weighted by Gasteiger charge is 2.23. The molecule has 158 valence electrons. The zero-order valence-corrected chi connectivity index (χ0v) is 18.7. The Balaban J connectivity index is 1.88. The number of carbonyl (C=O) groups is 1. The van der Waals surface area contributed by atoms with E-state index < -0.39 is 15.6 Å². The van der Waals surface area contributed by atoms with Gasteiger partial charge in [-0.3, -0.25) is 4.79 Å². The molecular weight excluding hydrogens is 398 g/mol. The standard InChI is InChI=1S/C23H27N3O3S/c1-16-14-21(17(2)26(16)19-11-7-6-8-12-19)22(27)24-18-10-9-13-20(15-18)30(28,29)25-23(3,4)5/h6-15,25H,1-5H3,(H,24,27). The lowest BCUT2D eigenvalue weighted by Crippen LogP contribution is -2.40. The summed E-state index contributed by atoms with van der Waals surface area (Å²) in [4.78, 5) is 13.0. The highest BCUT2D eigenvalue weighted by Crippen LogP contribution is 2.23. The predicted octanol–water partition coefficient (Wildman–Crippen LogP) is 4.42. The molecule has 0 atom stereocenters. The Kier molecular flexibility index (Phi) is 5.87. The molecule has 0 aliphatic rings. The van der Waals surface area contributed by atoms with Crippen molar-refractivity contribution in [2.24, 2.45) is 0 Å². The molecule has 3 aromatic rings. The minimum Gasteiger partial charge on any atom is -0.322 e. The summed E-state index contributed by atoms with van der Waals surface area (Å²) in [5.74, 6) is -0.288. The van der Waals surface area contributed by atoms with Crippen LogP contribution < -0.4 is 10.0 Å². The molecule has 0 saturated carbocycles. The van der Waals surface area contributed by atoms with E-state index in [1.54, 1.807) is 32.9 Å². The summed E-state index contributed by atoms with van der Waals surface area (Å²) < 4.78 is 29.8. The molecule has 1 heterocycles. The number of rotatable bonds is 5. The Hall–Kier alpha value is -2.90. The van der Waals surface area contributed by atoms with Crippen LogP contribution in [0.15, 0.2) is 65.6 Å². The van der Waals surface area contributed by atoms with Crippen LogP contribution in [0.2, 0.25) is 0 Å². The molecule has 0 radical (unpaired) electrons. The number of carbonyl (C=O) groups excluding carboxylic acids is 1. The number of sulfonamides is 1. The molecule has 6 nitrogen and oxygen atoms in total. The Labute approximate surface area is 178 Å². The number of aryl methyl sites for hydroxylation is 1. The lowest BCUT2D eigenvalue weighted by atomic mass is 10.1. The van der Waals surface area contributed by atoms with E-state index in [0.29, 0.717) is 11.3 Å². The van der Waals surface area contributed by atoms with Crippen molar-refractivity contribution in [3.8, 4) is 5.69 Å². The number of hydrogen-bond acceptors (Lipinski definition) is 3. The molecule has 0 spiro atoms. The molecule has 0 aliphatic carbocycles. The topological polar surface area (TPSA) is 80.2 Å². The van der Waals surface area contributed by atoms with E-state index in [4.69, 9.17) is 0 Å². The van der Waals surface area contributed by atoms with Crippen LogP contribution in [0.3, 0.4) is 0 Å². The number of amides is 1. The first-order valence-electron chi connectivity index (χ1n) is 9.68. The first-order valence-corrected chi connectivity index (χ1v) is 11.2. The van der Waals surface area contributed by atoms with E-state index in [1.165, 1.54) is 12.1 Å². The van der Waals surface area contributed by atoms with Crippen molar-refractivity contribution in [3.05, 3.63) is 77.6 Å². The maximum absolute atomic E-state index is 12.9. The van der Waals surface area contributed by atoms with Crippen LogP contribution in [0.5, 0.6) is 0 Å². The van der Waals surface area contributed by atoms with Gasteiger partial charge in [-0.15, -0.1) is 0 Å². The molecule has 1 aromatic heterocycles. The molecule has 7 heteroatoms. The zero-order valence-electron chi connectivity index (χ0n) is 17.9. The quantitative estimate of drug-likeness (QED) is 0.635. The van der Waals surface area contributed by atoms with Crippen LogP contribution in [-0.4, -0.2) is 24.4 Å². The van der Waals surface area contributed by atoms with Gasteiger partial charge in [0.15, 0.2) is 0 Å². The minimum absolute atomic E-state index is 0.102. The highest BCUT2D eigenvalue weighted by atomic mass is 32.2. The van der Waals surface area contributed by atoms with E-state index in [-0.39, 0.29) is 10.8 Å². The molecule has 0 bridgehead atoms. The average Bonchev–Trinajstić information content (AvgIpc) is 2.95.